The molecule has 1 N–H and O–H groups in total. The molecule has 0 radical (unpaired) electrons. The molecule has 2 aromatic rings. The minimum atomic E-state index is 0.302. The largest absolute Gasteiger partial charge is 0.366 e. The lowest BCUT2D eigenvalue weighted by Gasteiger charge is -2.40. The predicted octanol–water partition coefficient (Wildman–Crippen LogP) is 2.74. The zero-order chi connectivity index (χ0) is 19.9. The molecule has 0 bridgehead atoms. The number of hydrogen-bond acceptors (Lipinski definition) is 5. The second kappa shape index (κ2) is 9.29. The third-order valence-electron chi connectivity index (χ3n) is 5.06. The number of benzene rings is 1. The number of thiocarbonyl (C=S) groups is 1. The molecule has 144 valence electrons. The Labute approximate surface area is 170 Å². The van der Waals surface area contributed by atoms with Crippen LogP contribution in [-0.4, -0.2) is 47.5 Å². The number of nitrogens with zero attached hydrogens (tertiary/aromatic N) is 4. The standard InChI is InChI=1S/C21H23N5OS/c1-23-21(28)26(14-16-4-6-17(15-27)7-5-16)19-8-11-25(12-9-19)20-18(13-22)3-2-10-24-20/h2-7,10,15,19H,8-9,11-12,14H2,1H3,(H,23,28). The molecule has 3 rings (SSSR count). The number of aromatic nitrogens is 1. The van der Waals surface area contributed by atoms with Crippen molar-refractivity contribution in [2.45, 2.75) is 25.4 Å². The van der Waals surface area contributed by atoms with E-state index >= 15 is 0 Å². The van der Waals surface area contributed by atoms with Crippen molar-refractivity contribution in [2.24, 2.45) is 0 Å². The Balaban J connectivity index is 1.70. The summed E-state index contributed by atoms with van der Waals surface area (Å²) in [7, 11) is 1.84. The summed E-state index contributed by atoms with van der Waals surface area (Å²) in [5.74, 6) is 0.760. The summed E-state index contributed by atoms with van der Waals surface area (Å²) in [5.41, 5.74) is 2.39. The Hall–Kier alpha value is -2.98. The van der Waals surface area contributed by atoms with E-state index in [1.54, 1.807) is 18.3 Å². The van der Waals surface area contributed by atoms with Gasteiger partial charge in [0.05, 0.1) is 5.56 Å². The normalized spacial score (nSPS) is 14.2. The molecule has 28 heavy (non-hydrogen) atoms. The van der Waals surface area contributed by atoms with E-state index < -0.39 is 0 Å². The van der Waals surface area contributed by atoms with Crippen LogP contribution >= 0.6 is 12.2 Å². The highest BCUT2D eigenvalue weighted by molar-refractivity contribution is 7.80. The number of pyridine rings is 1. The first kappa shape index (κ1) is 19.8. The van der Waals surface area contributed by atoms with Crippen molar-refractivity contribution in [2.75, 3.05) is 25.0 Å². The van der Waals surface area contributed by atoms with E-state index in [2.05, 4.69) is 26.2 Å². The van der Waals surface area contributed by atoms with Crippen molar-refractivity contribution in [3.05, 3.63) is 59.3 Å². The molecule has 0 atom stereocenters. The molecule has 1 aliphatic rings. The summed E-state index contributed by atoms with van der Waals surface area (Å²) in [6.07, 6.45) is 4.43. The number of carbonyl (C=O) groups excluding carboxylic acids is 1. The van der Waals surface area contributed by atoms with Crippen LogP contribution in [0.3, 0.4) is 0 Å². The van der Waals surface area contributed by atoms with Gasteiger partial charge >= 0.3 is 0 Å². The molecule has 0 aliphatic carbocycles. The van der Waals surface area contributed by atoms with Crippen LogP contribution in [-0.2, 0) is 6.54 Å². The van der Waals surface area contributed by atoms with E-state index in [1.807, 2.05) is 31.3 Å². The molecule has 1 fully saturated rings. The Bertz CT molecular complexity index is 869. The van der Waals surface area contributed by atoms with Crippen LogP contribution in [0.2, 0.25) is 0 Å². The van der Waals surface area contributed by atoms with Crippen LogP contribution in [0.1, 0.15) is 34.3 Å². The average molecular weight is 394 g/mol. The maximum atomic E-state index is 10.9. The summed E-state index contributed by atoms with van der Waals surface area (Å²) < 4.78 is 0. The first-order chi connectivity index (χ1) is 13.7. The molecular formula is C21H23N5OS. The Morgan fingerprint density at radius 1 is 1.36 bits per heavy atom. The van der Waals surface area contributed by atoms with Gasteiger partial charge < -0.3 is 15.1 Å². The van der Waals surface area contributed by atoms with Gasteiger partial charge in [0.2, 0.25) is 0 Å². The van der Waals surface area contributed by atoms with Gasteiger partial charge in [0.25, 0.3) is 0 Å². The van der Waals surface area contributed by atoms with Gasteiger partial charge in [0.1, 0.15) is 18.2 Å². The summed E-state index contributed by atoms with van der Waals surface area (Å²) in [6, 6.07) is 13.7. The average Bonchev–Trinajstić information content (AvgIpc) is 2.77. The number of anilines is 1. The maximum Gasteiger partial charge on any atom is 0.169 e. The molecule has 0 amide bonds. The minimum absolute atomic E-state index is 0.302. The van der Waals surface area contributed by atoms with Crippen molar-refractivity contribution in [1.82, 2.24) is 15.2 Å². The van der Waals surface area contributed by atoms with Crippen LogP contribution in [0.5, 0.6) is 0 Å². The monoisotopic (exact) mass is 393 g/mol. The van der Waals surface area contributed by atoms with Crippen molar-refractivity contribution in [3.8, 4) is 6.07 Å². The molecule has 2 heterocycles. The smallest absolute Gasteiger partial charge is 0.169 e. The lowest BCUT2D eigenvalue weighted by molar-refractivity contribution is 0.112. The van der Waals surface area contributed by atoms with Crippen LogP contribution in [0.25, 0.3) is 0 Å². The Kier molecular flexibility index (Phi) is 6.56. The molecule has 6 nitrogen and oxygen atoms in total. The fourth-order valence-electron chi connectivity index (χ4n) is 3.53. The Morgan fingerprint density at radius 2 is 2.07 bits per heavy atom. The molecule has 0 saturated carbocycles. The van der Waals surface area contributed by atoms with E-state index in [9.17, 15) is 10.1 Å². The first-order valence-corrected chi connectivity index (χ1v) is 9.69. The molecule has 1 saturated heterocycles. The number of piperidine rings is 1. The van der Waals surface area contributed by atoms with Gasteiger partial charge in [0.15, 0.2) is 5.11 Å². The fraction of sp³-hybridized carbons (Fsp3) is 0.333. The Morgan fingerprint density at radius 3 is 2.68 bits per heavy atom. The molecule has 1 aromatic heterocycles. The fourth-order valence-corrected chi connectivity index (χ4v) is 3.75. The molecular weight excluding hydrogens is 370 g/mol. The van der Waals surface area contributed by atoms with E-state index in [4.69, 9.17) is 12.2 Å². The quantitative estimate of drug-likeness (QED) is 0.618. The molecule has 0 spiro atoms. The zero-order valence-corrected chi connectivity index (χ0v) is 16.7. The SMILES string of the molecule is CNC(=S)N(Cc1ccc(C=O)cc1)C1CCN(c2ncccc2C#N)CC1. The highest BCUT2D eigenvalue weighted by Crippen LogP contribution is 2.24. The molecule has 1 aliphatic heterocycles. The van der Waals surface area contributed by atoms with Gasteiger partial charge in [-0.1, -0.05) is 24.3 Å². The number of hydrogen-bond donors (Lipinski definition) is 1. The highest BCUT2D eigenvalue weighted by atomic mass is 32.1. The van der Waals surface area contributed by atoms with Gasteiger partial charge in [-0.3, -0.25) is 4.79 Å². The van der Waals surface area contributed by atoms with E-state index in [0.717, 1.165) is 43.6 Å². The highest BCUT2D eigenvalue weighted by Gasteiger charge is 2.27. The van der Waals surface area contributed by atoms with Crippen molar-refractivity contribution in [3.63, 3.8) is 0 Å². The number of nitrogens with one attached hydrogen (secondary N) is 1. The number of rotatable bonds is 5. The summed E-state index contributed by atoms with van der Waals surface area (Å²) in [5, 5.41) is 13.1. The van der Waals surface area contributed by atoms with E-state index in [1.165, 1.54) is 0 Å². The summed E-state index contributed by atoms with van der Waals surface area (Å²) in [6.45, 7) is 2.34. The maximum absolute atomic E-state index is 10.9. The van der Waals surface area contributed by atoms with Crippen LogP contribution < -0.4 is 10.2 Å². The lowest BCUT2D eigenvalue weighted by Crippen LogP contribution is -2.49. The number of nitriles is 1. The third-order valence-corrected chi connectivity index (χ3v) is 5.49. The molecule has 1 aromatic carbocycles. The zero-order valence-electron chi connectivity index (χ0n) is 15.8. The van der Waals surface area contributed by atoms with Crippen molar-refractivity contribution < 1.29 is 4.79 Å². The van der Waals surface area contributed by atoms with Gasteiger partial charge in [-0.2, -0.15) is 5.26 Å². The van der Waals surface area contributed by atoms with Gasteiger partial charge in [-0.05, 0) is 42.8 Å². The number of aldehydes is 1. The summed E-state index contributed by atoms with van der Waals surface area (Å²) >= 11 is 5.56. The van der Waals surface area contributed by atoms with Crippen LogP contribution in [0.15, 0.2) is 42.6 Å². The van der Waals surface area contributed by atoms with Crippen LogP contribution in [0, 0.1) is 11.3 Å². The second-order valence-corrected chi connectivity index (χ2v) is 7.13. The molecule has 0 unspecified atom stereocenters. The van der Waals surface area contributed by atoms with Crippen molar-refractivity contribution in [1.29, 1.82) is 5.26 Å². The minimum Gasteiger partial charge on any atom is -0.366 e. The van der Waals surface area contributed by atoms with E-state index in [-0.39, 0.29) is 0 Å². The lowest BCUT2D eigenvalue weighted by atomic mass is 10.0. The third kappa shape index (κ3) is 4.46. The second-order valence-electron chi connectivity index (χ2n) is 6.75. The predicted molar refractivity (Wildman–Crippen MR) is 113 cm³/mol. The van der Waals surface area contributed by atoms with Gasteiger partial charge in [-0.25, -0.2) is 4.98 Å². The van der Waals surface area contributed by atoms with Gasteiger partial charge in [0, 0.05) is 44.5 Å². The number of carbonyl (C=O) groups is 1. The van der Waals surface area contributed by atoms with Crippen molar-refractivity contribution >= 4 is 29.4 Å². The molecule has 7 heteroatoms. The topological polar surface area (TPSA) is 72.3 Å². The van der Waals surface area contributed by atoms with E-state index in [0.29, 0.717) is 28.8 Å². The summed E-state index contributed by atoms with van der Waals surface area (Å²) in [4.78, 5) is 19.7. The van der Waals surface area contributed by atoms with Crippen LogP contribution in [0.4, 0.5) is 5.82 Å². The van der Waals surface area contributed by atoms with Gasteiger partial charge in [-0.15, -0.1) is 0 Å². The first-order valence-electron chi connectivity index (χ1n) is 9.28.